The normalized spacial score (nSPS) is 10.6. The van der Waals surface area contributed by atoms with Gasteiger partial charge in [-0.3, -0.25) is 9.59 Å². The summed E-state index contributed by atoms with van der Waals surface area (Å²) in [6.07, 6.45) is -0.0430. The lowest BCUT2D eigenvalue weighted by Gasteiger charge is -2.22. The molecule has 22 heavy (non-hydrogen) atoms. The van der Waals surface area contributed by atoms with Crippen LogP contribution in [0.2, 0.25) is 0 Å². The highest BCUT2D eigenvalue weighted by atomic mass is 16.5. The molecule has 1 aromatic carbocycles. The lowest BCUT2D eigenvalue weighted by molar-refractivity contribution is -0.139. The smallest absolute Gasteiger partial charge is 0.303 e. The molecule has 6 heteroatoms. The second-order valence-corrected chi connectivity index (χ2v) is 5.72. The summed E-state index contributed by atoms with van der Waals surface area (Å²) >= 11 is 0. The van der Waals surface area contributed by atoms with Gasteiger partial charge in [0, 0.05) is 6.42 Å². The van der Waals surface area contributed by atoms with Crippen LogP contribution in [-0.2, 0) is 9.59 Å². The summed E-state index contributed by atoms with van der Waals surface area (Å²) in [5.41, 5.74) is 0.162. The number of ether oxygens (including phenoxy) is 1. The average Bonchev–Trinajstić information content (AvgIpc) is 2.38. The Hall–Kier alpha value is -2.55. The second-order valence-electron chi connectivity index (χ2n) is 5.72. The van der Waals surface area contributed by atoms with Gasteiger partial charge in [-0.2, -0.15) is 5.26 Å². The number of aliphatic carboxylic acids is 1. The van der Waals surface area contributed by atoms with Gasteiger partial charge < -0.3 is 15.2 Å². The zero-order valence-electron chi connectivity index (χ0n) is 13.0. The molecular formula is C16H20N2O4. The SMILES string of the molecule is CCOc1ccc(C#N)cc1NC(=O)CC(C)(C)CC(=O)O. The predicted molar refractivity (Wildman–Crippen MR) is 81.6 cm³/mol. The summed E-state index contributed by atoms with van der Waals surface area (Å²) in [7, 11) is 0. The third-order valence-electron chi connectivity index (χ3n) is 2.95. The summed E-state index contributed by atoms with van der Waals surface area (Å²) in [4.78, 5) is 22.9. The highest BCUT2D eigenvalue weighted by molar-refractivity contribution is 5.93. The number of carbonyl (C=O) groups is 2. The number of hydrogen-bond acceptors (Lipinski definition) is 4. The molecule has 0 heterocycles. The Balaban J connectivity index is 2.87. The first kappa shape index (κ1) is 17.5. The molecule has 0 atom stereocenters. The topological polar surface area (TPSA) is 99.4 Å². The van der Waals surface area contributed by atoms with Crippen molar-refractivity contribution >= 4 is 17.6 Å². The highest BCUT2D eigenvalue weighted by Gasteiger charge is 2.25. The van der Waals surface area contributed by atoms with Gasteiger partial charge in [-0.25, -0.2) is 0 Å². The summed E-state index contributed by atoms with van der Waals surface area (Å²) in [6.45, 7) is 5.69. The highest BCUT2D eigenvalue weighted by Crippen LogP contribution is 2.29. The monoisotopic (exact) mass is 304 g/mol. The van der Waals surface area contributed by atoms with E-state index < -0.39 is 11.4 Å². The maximum Gasteiger partial charge on any atom is 0.303 e. The Bertz CT molecular complexity index is 603. The first-order valence-corrected chi connectivity index (χ1v) is 6.96. The number of carboxylic acid groups (broad SMARTS) is 1. The molecule has 0 aliphatic rings. The largest absolute Gasteiger partial charge is 0.492 e. The van der Waals surface area contributed by atoms with E-state index in [1.165, 1.54) is 6.07 Å². The zero-order valence-corrected chi connectivity index (χ0v) is 13.0. The van der Waals surface area contributed by atoms with Gasteiger partial charge in [0.2, 0.25) is 5.91 Å². The van der Waals surface area contributed by atoms with Gasteiger partial charge in [-0.1, -0.05) is 13.8 Å². The number of nitriles is 1. The van der Waals surface area contributed by atoms with E-state index in [0.29, 0.717) is 23.6 Å². The Kier molecular flexibility index (Phi) is 5.93. The zero-order chi connectivity index (χ0) is 16.8. The maximum atomic E-state index is 12.1. The predicted octanol–water partition coefficient (Wildman–Crippen LogP) is 2.79. The molecule has 0 spiro atoms. The quantitative estimate of drug-likeness (QED) is 0.807. The molecule has 0 saturated carbocycles. The molecule has 1 aromatic rings. The Labute approximate surface area is 129 Å². The van der Waals surface area contributed by atoms with Crippen molar-refractivity contribution in [3.63, 3.8) is 0 Å². The van der Waals surface area contributed by atoms with Crippen molar-refractivity contribution in [2.24, 2.45) is 5.41 Å². The minimum absolute atomic E-state index is 0.0572. The van der Waals surface area contributed by atoms with E-state index in [4.69, 9.17) is 15.1 Å². The van der Waals surface area contributed by atoms with E-state index in [9.17, 15) is 9.59 Å². The number of nitrogens with zero attached hydrogens (tertiary/aromatic N) is 1. The van der Waals surface area contributed by atoms with Crippen LogP contribution in [0.5, 0.6) is 5.75 Å². The minimum Gasteiger partial charge on any atom is -0.492 e. The average molecular weight is 304 g/mol. The number of nitrogens with one attached hydrogen (secondary N) is 1. The molecule has 0 fully saturated rings. The maximum absolute atomic E-state index is 12.1. The van der Waals surface area contributed by atoms with Crippen LogP contribution in [0, 0.1) is 16.7 Å². The van der Waals surface area contributed by atoms with Gasteiger partial charge in [0.15, 0.2) is 0 Å². The van der Waals surface area contributed by atoms with Crippen LogP contribution in [0.15, 0.2) is 18.2 Å². The number of rotatable bonds is 7. The molecule has 1 amide bonds. The van der Waals surface area contributed by atoms with Gasteiger partial charge in [0.05, 0.1) is 30.3 Å². The molecule has 0 aliphatic carbocycles. The molecule has 0 bridgehead atoms. The van der Waals surface area contributed by atoms with Gasteiger partial charge in [0.1, 0.15) is 5.75 Å². The van der Waals surface area contributed by atoms with Crippen molar-refractivity contribution in [1.29, 1.82) is 5.26 Å². The summed E-state index contributed by atoms with van der Waals surface area (Å²) in [5.74, 6) is -0.785. The lowest BCUT2D eigenvalue weighted by Crippen LogP contribution is -2.25. The van der Waals surface area contributed by atoms with Gasteiger partial charge >= 0.3 is 5.97 Å². The molecule has 0 aliphatic heterocycles. The van der Waals surface area contributed by atoms with Crippen molar-refractivity contribution in [2.45, 2.75) is 33.6 Å². The molecule has 0 radical (unpaired) electrons. The number of benzene rings is 1. The first-order valence-electron chi connectivity index (χ1n) is 6.96. The van der Waals surface area contributed by atoms with Crippen molar-refractivity contribution in [2.75, 3.05) is 11.9 Å². The minimum atomic E-state index is -0.945. The standard InChI is InChI=1S/C16H20N2O4/c1-4-22-13-6-5-11(10-17)7-12(13)18-14(19)8-16(2,3)9-15(20)21/h5-7H,4,8-9H2,1-3H3,(H,18,19)(H,20,21). The number of amides is 1. The van der Waals surface area contributed by atoms with Gasteiger partial charge in [-0.05, 0) is 30.5 Å². The molecule has 1 rings (SSSR count). The molecule has 0 unspecified atom stereocenters. The molecular weight excluding hydrogens is 284 g/mol. The summed E-state index contributed by atoms with van der Waals surface area (Å²) < 4.78 is 5.41. The van der Waals surface area contributed by atoms with Crippen LogP contribution in [0.1, 0.15) is 39.2 Å². The third-order valence-corrected chi connectivity index (χ3v) is 2.95. The van der Waals surface area contributed by atoms with E-state index in [2.05, 4.69) is 5.32 Å². The number of hydrogen-bond donors (Lipinski definition) is 2. The fourth-order valence-corrected chi connectivity index (χ4v) is 2.08. The molecule has 2 N–H and O–H groups in total. The molecule has 6 nitrogen and oxygen atoms in total. The van der Waals surface area contributed by atoms with Gasteiger partial charge in [0.25, 0.3) is 0 Å². The van der Waals surface area contributed by atoms with E-state index in [1.807, 2.05) is 13.0 Å². The molecule has 0 saturated heterocycles. The van der Waals surface area contributed by atoms with Crippen molar-refractivity contribution in [1.82, 2.24) is 0 Å². The van der Waals surface area contributed by atoms with Crippen molar-refractivity contribution < 1.29 is 19.4 Å². The van der Waals surface area contributed by atoms with E-state index >= 15 is 0 Å². The van der Waals surface area contributed by atoms with Crippen LogP contribution < -0.4 is 10.1 Å². The Morgan fingerprint density at radius 1 is 1.36 bits per heavy atom. The van der Waals surface area contributed by atoms with Crippen LogP contribution in [0.25, 0.3) is 0 Å². The van der Waals surface area contributed by atoms with E-state index in [1.54, 1.807) is 26.0 Å². The second kappa shape index (κ2) is 7.46. The van der Waals surface area contributed by atoms with Crippen LogP contribution >= 0.6 is 0 Å². The summed E-state index contributed by atoms with van der Waals surface area (Å²) in [6, 6.07) is 6.77. The number of carbonyl (C=O) groups excluding carboxylic acids is 1. The number of carboxylic acids is 1. The van der Waals surface area contributed by atoms with Crippen LogP contribution in [0.3, 0.4) is 0 Å². The van der Waals surface area contributed by atoms with Crippen molar-refractivity contribution in [3.05, 3.63) is 23.8 Å². The van der Waals surface area contributed by atoms with Gasteiger partial charge in [-0.15, -0.1) is 0 Å². The van der Waals surface area contributed by atoms with Crippen molar-refractivity contribution in [3.8, 4) is 11.8 Å². The fraction of sp³-hybridized carbons (Fsp3) is 0.438. The number of anilines is 1. The summed E-state index contributed by atoms with van der Waals surface area (Å²) in [5, 5.41) is 20.5. The first-order chi connectivity index (χ1) is 10.3. The lowest BCUT2D eigenvalue weighted by atomic mass is 9.85. The van der Waals surface area contributed by atoms with E-state index in [0.717, 1.165) is 0 Å². The van der Waals surface area contributed by atoms with E-state index in [-0.39, 0.29) is 18.7 Å². The molecule has 118 valence electrons. The van der Waals surface area contributed by atoms with Crippen LogP contribution in [-0.4, -0.2) is 23.6 Å². The Morgan fingerprint density at radius 2 is 2.05 bits per heavy atom. The molecule has 0 aromatic heterocycles. The fourth-order valence-electron chi connectivity index (χ4n) is 2.08. The third kappa shape index (κ3) is 5.44. The Morgan fingerprint density at radius 3 is 2.59 bits per heavy atom. The van der Waals surface area contributed by atoms with Crippen LogP contribution in [0.4, 0.5) is 5.69 Å².